The molecule has 0 amide bonds. The Morgan fingerprint density at radius 3 is 2.36 bits per heavy atom. The minimum atomic E-state index is 0.603. The Morgan fingerprint density at radius 1 is 1.00 bits per heavy atom. The molecule has 1 saturated heterocycles. The summed E-state index contributed by atoms with van der Waals surface area (Å²) in [5.74, 6) is 0. The molecule has 2 aromatic carbocycles. The fourth-order valence-electron chi connectivity index (χ4n) is 2.71. The molecular weight excluding hydrogens is 272 g/mol. The Balaban J connectivity index is 1.53. The quantitative estimate of drug-likeness (QED) is 0.742. The molecule has 0 aliphatic carbocycles. The molecule has 22 heavy (non-hydrogen) atoms. The number of anilines is 2. The van der Waals surface area contributed by atoms with Crippen LogP contribution in [0.15, 0.2) is 54.6 Å². The molecule has 3 rings (SSSR count). The lowest BCUT2D eigenvalue weighted by Gasteiger charge is -2.33. The second kappa shape index (κ2) is 7.29. The van der Waals surface area contributed by atoms with E-state index in [2.05, 4.69) is 52.3 Å². The monoisotopic (exact) mass is 296 g/mol. The van der Waals surface area contributed by atoms with Gasteiger partial charge in [0.25, 0.3) is 0 Å². The van der Waals surface area contributed by atoms with Crippen molar-refractivity contribution < 1.29 is 0 Å². The van der Waals surface area contributed by atoms with Crippen LogP contribution in [0.1, 0.15) is 12.5 Å². The van der Waals surface area contributed by atoms with E-state index in [4.69, 9.17) is 0 Å². The number of benzene rings is 2. The molecule has 2 aromatic rings. The Labute approximate surface area is 132 Å². The molecule has 1 aliphatic heterocycles. The molecule has 1 fully saturated rings. The molecule has 1 heterocycles. The molecule has 4 heteroatoms. The van der Waals surface area contributed by atoms with Gasteiger partial charge in [0.2, 0.25) is 0 Å². The van der Waals surface area contributed by atoms with Gasteiger partial charge in [-0.25, -0.2) is 0 Å². The van der Waals surface area contributed by atoms with E-state index in [9.17, 15) is 0 Å². The van der Waals surface area contributed by atoms with Crippen LogP contribution in [-0.2, 0) is 6.54 Å². The van der Waals surface area contributed by atoms with Crippen molar-refractivity contribution in [2.24, 2.45) is 0 Å². The van der Waals surface area contributed by atoms with Crippen molar-refractivity contribution in [2.75, 3.05) is 30.5 Å². The van der Waals surface area contributed by atoms with Crippen molar-refractivity contribution in [1.82, 2.24) is 10.2 Å². The van der Waals surface area contributed by atoms with E-state index in [0.717, 1.165) is 37.6 Å². The lowest BCUT2D eigenvalue weighted by molar-refractivity contribution is 0.165. The summed E-state index contributed by atoms with van der Waals surface area (Å²) in [6.07, 6.45) is 0. The summed E-state index contributed by atoms with van der Waals surface area (Å²) >= 11 is 0. The highest BCUT2D eigenvalue weighted by Crippen LogP contribution is 2.14. The first-order valence-corrected chi connectivity index (χ1v) is 7.92. The standard InChI is InChI=1S/C18H24N4/c1-15-13-19-11-12-22(15)14-16-7-9-18(10-8-16)21-20-17-5-3-2-4-6-17/h2-10,15,19-21H,11-14H2,1H3. The molecule has 0 bridgehead atoms. The van der Waals surface area contributed by atoms with E-state index in [0.29, 0.717) is 6.04 Å². The van der Waals surface area contributed by atoms with Crippen LogP contribution >= 0.6 is 0 Å². The molecule has 0 saturated carbocycles. The molecule has 4 nitrogen and oxygen atoms in total. The van der Waals surface area contributed by atoms with Gasteiger partial charge in [-0.1, -0.05) is 30.3 Å². The van der Waals surface area contributed by atoms with Gasteiger partial charge in [-0.2, -0.15) is 0 Å². The largest absolute Gasteiger partial charge is 0.314 e. The summed E-state index contributed by atoms with van der Waals surface area (Å²) in [6, 6.07) is 19.4. The maximum atomic E-state index is 3.43. The number of para-hydroxylation sites is 1. The van der Waals surface area contributed by atoms with Crippen molar-refractivity contribution in [3.63, 3.8) is 0 Å². The van der Waals surface area contributed by atoms with E-state index in [1.807, 2.05) is 30.3 Å². The van der Waals surface area contributed by atoms with Crippen molar-refractivity contribution in [3.8, 4) is 0 Å². The van der Waals surface area contributed by atoms with Crippen LogP contribution in [0.25, 0.3) is 0 Å². The number of hydrogen-bond acceptors (Lipinski definition) is 4. The zero-order valence-electron chi connectivity index (χ0n) is 13.0. The molecular formula is C18H24N4. The van der Waals surface area contributed by atoms with Gasteiger partial charge in [-0.05, 0) is 36.8 Å². The van der Waals surface area contributed by atoms with Crippen LogP contribution in [0.4, 0.5) is 11.4 Å². The highest BCUT2D eigenvalue weighted by atomic mass is 15.4. The normalized spacial score (nSPS) is 18.9. The molecule has 0 aromatic heterocycles. The van der Waals surface area contributed by atoms with Crippen molar-refractivity contribution in [2.45, 2.75) is 19.5 Å². The second-order valence-corrected chi connectivity index (χ2v) is 5.84. The topological polar surface area (TPSA) is 39.3 Å². The third-order valence-corrected chi connectivity index (χ3v) is 4.10. The average Bonchev–Trinajstić information content (AvgIpc) is 2.57. The maximum Gasteiger partial charge on any atom is 0.0540 e. The van der Waals surface area contributed by atoms with Crippen LogP contribution < -0.4 is 16.2 Å². The Kier molecular flexibility index (Phi) is 4.93. The summed E-state index contributed by atoms with van der Waals surface area (Å²) in [6.45, 7) is 6.60. The Bertz CT molecular complexity index is 567. The molecule has 116 valence electrons. The summed E-state index contributed by atoms with van der Waals surface area (Å²) in [5.41, 5.74) is 9.91. The van der Waals surface area contributed by atoms with E-state index in [1.165, 1.54) is 5.56 Å². The van der Waals surface area contributed by atoms with Gasteiger partial charge < -0.3 is 16.2 Å². The highest BCUT2D eigenvalue weighted by molar-refractivity contribution is 5.52. The second-order valence-electron chi connectivity index (χ2n) is 5.84. The highest BCUT2D eigenvalue weighted by Gasteiger charge is 2.17. The predicted molar refractivity (Wildman–Crippen MR) is 92.9 cm³/mol. The van der Waals surface area contributed by atoms with Gasteiger partial charge in [-0.3, -0.25) is 4.90 Å². The van der Waals surface area contributed by atoms with Gasteiger partial charge in [0, 0.05) is 32.2 Å². The van der Waals surface area contributed by atoms with Gasteiger partial charge in [-0.15, -0.1) is 0 Å². The summed E-state index contributed by atoms with van der Waals surface area (Å²) in [5, 5.41) is 3.43. The van der Waals surface area contributed by atoms with Gasteiger partial charge in [0.1, 0.15) is 0 Å². The van der Waals surface area contributed by atoms with Gasteiger partial charge in [0.05, 0.1) is 11.4 Å². The smallest absolute Gasteiger partial charge is 0.0540 e. The van der Waals surface area contributed by atoms with Crippen molar-refractivity contribution in [1.29, 1.82) is 0 Å². The average molecular weight is 296 g/mol. The predicted octanol–water partition coefficient (Wildman–Crippen LogP) is 2.92. The Morgan fingerprint density at radius 2 is 1.68 bits per heavy atom. The number of nitrogens with zero attached hydrogens (tertiary/aromatic N) is 1. The van der Waals surface area contributed by atoms with Crippen LogP contribution in [-0.4, -0.2) is 30.6 Å². The first-order valence-electron chi connectivity index (χ1n) is 7.92. The number of rotatable bonds is 5. The van der Waals surface area contributed by atoms with Crippen LogP contribution in [0.2, 0.25) is 0 Å². The van der Waals surface area contributed by atoms with Crippen molar-refractivity contribution >= 4 is 11.4 Å². The van der Waals surface area contributed by atoms with Crippen LogP contribution in [0, 0.1) is 0 Å². The van der Waals surface area contributed by atoms with E-state index >= 15 is 0 Å². The molecule has 1 atom stereocenters. The molecule has 0 radical (unpaired) electrons. The van der Waals surface area contributed by atoms with Gasteiger partial charge in [0.15, 0.2) is 0 Å². The molecule has 0 spiro atoms. The zero-order chi connectivity index (χ0) is 15.2. The van der Waals surface area contributed by atoms with E-state index in [1.54, 1.807) is 0 Å². The number of hydrogen-bond donors (Lipinski definition) is 3. The number of nitrogens with one attached hydrogen (secondary N) is 3. The number of hydrazine groups is 1. The van der Waals surface area contributed by atoms with Crippen LogP contribution in [0.5, 0.6) is 0 Å². The number of piperazine rings is 1. The molecule has 1 aliphatic rings. The fraction of sp³-hybridized carbons (Fsp3) is 0.333. The third-order valence-electron chi connectivity index (χ3n) is 4.10. The summed E-state index contributed by atoms with van der Waals surface area (Å²) < 4.78 is 0. The van der Waals surface area contributed by atoms with E-state index < -0.39 is 0 Å². The molecule has 1 unspecified atom stereocenters. The fourth-order valence-corrected chi connectivity index (χ4v) is 2.71. The maximum absolute atomic E-state index is 3.43. The van der Waals surface area contributed by atoms with Gasteiger partial charge >= 0.3 is 0 Å². The minimum Gasteiger partial charge on any atom is -0.314 e. The first kappa shape index (κ1) is 14.9. The lowest BCUT2D eigenvalue weighted by atomic mass is 10.1. The summed E-state index contributed by atoms with van der Waals surface area (Å²) in [7, 11) is 0. The summed E-state index contributed by atoms with van der Waals surface area (Å²) in [4.78, 5) is 2.53. The Hall–Kier alpha value is -2.04. The van der Waals surface area contributed by atoms with Crippen molar-refractivity contribution in [3.05, 3.63) is 60.2 Å². The first-order chi connectivity index (χ1) is 10.8. The minimum absolute atomic E-state index is 0.603. The molecule has 3 N–H and O–H groups in total. The van der Waals surface area contributed by atoms with E-state index in [-0.39, 0.29) is 0 Å². The SMILES string of the molecule is CC1CNCCN1Cc1ccc(NNc2ccccc2)cc1. The third kappa shape index (κ3) is 4.00. The zero-order valence-corrected chi connectivity index (χ0v) is 13.0. The van der Waals surface area contributed by atoms with Crippen LogP contribution in [0.3, 0.4) is 0 Å². The lowest BCUT2D eigenvalue weighted by Crippen LogP contribution is -2.49.